The van der Waals surface area contributed by atoms with E-state index in [4.69, 9.17) is 0 Å². The number of esters is 1. The molecular weight excluding hydrogens is 302 g/mol. The lowest BCUT2D eigenvalue weighted by molar-refractivity contribution is -0.141. The summed E-state index contributed by atoms with van der Waals surface area (Å²) in [6, 6.07) is 3.99. The first-order chi connectivity index (χ1) is 10.6. The van der Waals surface area contributed by atoms with Crippen LogP contribution in [-0.4, -0.2) is 27.3 Å². The van der Waals surface area contributed by atoms with Crippen LogP contribution < -0.4 is 5.56 Å². The van der Waals surface area contributed by atoms with Crippen LogP contribution in [0.15, 0.2) is 16.9 Å². The fourth-order valence-electron chi connectivity index (χ4n) is 2.54. The fourth-order valence-corrected chi connectivity index (χ4v) is 3.56. The molecule has 0 fully saturated rings. The van der Waals surface area contributed by atoms with Crippen LogP contribution in [0.2, 0.25) is 0 Å². The third kappa shape index (κ3) is 2.21. The maximum Gasteiger partial charge on any atom is 0.327 e. The largest absolute Gasteiger partial charge is 0.468 e. The van der Waals surface area contributed by atoms with Crippen LogP contribution in [0.1, 0.15) is 24.5 Å². The van der Waals surface area contributed by atoms with Gasteiger partial charge in [-0.3, -0.25) is 14.0 Å². The smallest absolute Gasteiger partial charge is 0.327 e. The van der Waals surface area contributed by atoms with Gasteiger partial charge in [-0.05, 0) is 18.6 Å². The number of fused-ring (bicyclic) bond motifs is 3. The number of aryl methyl sites for hydroxylation is 2. The van der Waals surface area contributed by atoms with E-state index in [1.54, 1.807) is 11.3 Å². The highest BCUT2D eigenvalue weighted by molar-refractivity contribution is 7.19. The average Bonchev–Trinajstić information content (AvgIpc) is 3.07. The summed E-state index contributed by atoms with van der Waals surface area (Å²) in [6.45, 7) is 3.92. The second-order valence-corrected chi connectivity index (χ2v) is 6.16. The van der Waals surface area contributed by atoms with Crippen LogP contribution in [0.3, 0.4) is 0 Å². The van der Waals surface area contributed by atoms with Gasteiger partial charge >= 0.3 is 5.97 Å². The molecule has 3 aromatic heterocycles. The molecule has 0 unspecified atom stereocenters. The van der Waals surface area contributed by atoms with Crippen LogP contribution in [0.25, 0.3) is 15.7 Å². The minimum Gasteiger partial charge on any atom is -0.468 e. The van der Waals surface area contributed by atoms with Crippen molar-refractivity contribution >= 4 is 33.0 Å². The van der Waals surface area contributed by atoms with E-state index in [1.807, 2.05) is 17.4 Å². The van der Waals surface area contributed by atoms with Gasteiger partial charge in [0.05, 0.1) is 17.3 Å². The quantitative estimate of drug-likeness (QED) is 0.690. The summed E-state index contributed by atoms with van der Waals surface area (Å²) in [5, 5.41) is 4.34. The van der Waals surface area contributed by atoms with Gasteiger partial charge < -0.3 is 4.74 Å². The highest BCUT2D eigenvalue weighted by Crippen LogP contribution is 2.29. The van der Waals surface area contributed by atoms with Crippen LogP contribution in [0.4, 0.5) is 0 Å². The van der Waals surface area contributed by atoms with Crippen molar-refractivity contribution < 1.29 is 9.53 Å². The summed E-state index contributed by atoms with van der Waals surface area (Å²) in [7, 11) is 1.30. The van der Waals surface area contributed by atoms with Gasteiger partial charge in [0.15, 0.2) is 0 Å². The molecule has 0 spiro atoms. The average molecular weight is 319 g/mol. The molecule has 22 heavy (non-hydrogen) atoms. The number of ether oxygens (including phenoxy) is 1. The molecule has 0 aliphatic carbocycles. The first kappa shape index (κ1) is 14.8. The lowest BCUT2D eigenvalue weighted by Crippen LogP contribution is -2.30. The Morgan fingerprint density at radius 2 is 2.05 bits per heavy atom. The van der Waals surface area contributed by atoms with E-state index in [1.165, 1.54) is 16.7 Å². The van der Waals surface area contributed by atoms with Crippen molar-refractivity contribution in [1.29, 1.82) is 0 Å². The molecular formula is C15H17N3O3S. The molecule has 0 aromatic carbocycles. The Bertz CT molecular complexity index is 920. The van der Waals surface area contributed by atoms with Crippen molar-refractivity contribution in [3.63, 3.8) is 0 Å². The normalized spacial score (nSPS) is 11.4. The Labute approximate surface area is 130 Å². The predicted molar refractivity (Wildman–Crippen MR) is 85.6 cm³/mol. The Kier molecular flexibility index (Phi) is 3.74. The Hall–Kier alpha value is -2.15. The van der Waals surface area contributed by atoms with Gasteiger partial charge in [0.25, 0.3) is 5.56 Å². The molecule has 0 bridgehead atoms. The number of thiophene rings is 1. The standard InChI is InChI=1S/C15H17N3O3S/c1-4-9-6-10-12(22-9)7-11-15(20)17(8-14(19)21-3)16-13(5-2)18(10)11/h6-7H,4-5,8H2,1-3H3. The second-order valence-electron chi connectivity index (χ2n) is 4.99. The zero-order valence-corrected chi connectivity index (χ0v) is 13.6. The maximum absolute atomic E-state index is 12.5. The molecule has 0 N–H and O–H groups in total. The van der Waals surface area contributed by atoms with Gasteiger partial charge in [-0.1, -0.05) is 13.8 Å². The van der Waals surface area contributed by atoms with Crippen LogP contribution in [0.5, 0.6) is 0 Å². The second kappa shape index (κ2) is 5.57. The van der Waals surface area contributed by atoms with Crippen LogP contribution in [0, 0.1) is 0 Å². The molecule has 0 aliphatic heterocycles. The summed E-state index contributed by atoms with van der Waals surface area (Å²) >= 11 is 1.69. The lowest BCUT2D eigenvalue weighted by atomic mass is 10.3. The molecule has 0 amide bonds. The van der Waals surface area contributed by atoms with E-state index < -0.39 is 5.97 Å². The van der Waals surface area contributed by atoms with E-state index in [-0.39, 0.29) is 12.1 Å². The van der Waals surface area contributed by atoms with E-state index in [0.29, 0.717) is 11.9 Å². The molecule has 0 aliphatic rings. The van der Waals surface area contributed by atoms with Gasteiger partial charge in [0.2, 0.25) is 0 Å². The number of nitrogens with zero attached hydrogens (tertiary/aromatic N) is 3. The Morgan fingerprint density at radius 3 is 2.68 bits per heavy atom. The lowest BCUT2D eigenvalue weighted by Gasteiger charge is -2.08. The number of carbonyl (C=O) groups is 1. The number of carbonyl (C=O) groups excluding carboxylic acids is 1. The van der Waals surface area contributed by atoms with Crippen LogP contribution >= 0.6 is 11.3 Å². The number of aromatic nitrogens is 3. The predicted octanol–water partition coefficient (Wildman–Crippen LogP) is 2.01. The minimum atomic E-state index is -0.484. The molecule has 7 heteroatoms. The van der Waals surface area contributed by atoms with Crippen LogP contribution in [-0.2, 0) is 28.9 Å². The molecule has 0 radical (unpaired) electrons. The molecule has 3 rings (SSSR count). The SMILES string of the molecule is CCc1cc2c(cc3c(=O)n(CC(=O)OC)nc(CC)n32)s1. The summed E-state index contributed by atoms with van der Waals surface area (Å²) < 4.78 is 8.78. The number of hydrogen-bond donors (Lipinski definition) is 0. The Balaban J connectivity index is 2.29. The first-order valence-electron chi connectivity index (χ1n) is 7.19. The molecule has 3 aromatic rings. The molecule has 0 saturated carbocycles. The summed E-state index contributed by atoms with van der Waals surface area (Å²) in [5.41, 5.74) is 1.30. The van der Waals surface area contributed by atoms with Gasteiger partial charge in [0, 0.05) is 11.3 Å². The minimum absolute atomic E-state index is 0.169. The summed E-state index contributed by atoms with van der Waals surface area (Å²) in [6.07, 6.45) is 1.63. The summed E-state index contributed by atoms with van der Waals surface area (Å²) in [4.78, 5) is 25.3. The van der Waals surface area contributed by atoms with Gasteiger partial charge in [-0.15, -0.1) is 11.3 Å². The van der Waals surface area contributed by atoms with Crippen molar-refractivity contribution in [2.75, 3.05) is 7.11 Å². The van der Waals surface area contributed by atoms with E-state index in [9.17, 15) is 9.59 Å². The third-order valence-corrected chi connectivity index (χ3v) is 4.88. The van der Waals surface area contributed by atoms with E-state index in [2.05, 4.69) is 22.8 Å². The zero-order valence-electron chi connectivity index (χ0n) is 12.8. The molecule has 0 atom stereocenters. The van der Waals surface area contributed by atoms with Crippen molar-refractivity contribution in [2.24, 2.45) is 0 Å². The molecule has 116 valence electrons. The Morgan fingerprint density at radius 1 is 1.27 bits per heavy atom. The number of rotatable bonds is 4. The fraction of sp³-hybridized carbons (Fsp3) is 0.400. The zero-order chi connectivity index (χ0) is 15.9. The van der Waals surface area contributed by atoms with E-state index >= 15 is 0 Å². The highest BCUT2D eigenvalue weighted by atomic mass is 32.1. The third-order valence-electron chi connectivity index (χ3n) is 3.66. The number of hydrogen-bond acceptors (Lipinski definition) is 5. The van der Waals surface area contributed by atoms with Gasteiger partial charge in [-0.2, -0.15) is 5.10 Å². The highest BCUT2D eigenvalue weighted by Gasteiger charge is 2.16. The topological polar surface area (TPSA) is 65.6 Å². The van der Waals surface area contributed by atoms with Crippen molar-refractivity contribution in [1.82, 2.24) is 14.2 Å². The number of methoxy groups -OCH3 is 1. The molecule has 6 nitrogen and oxygen atoms in total. The monoisotopic (exact) mass is 319 g/mol. The van der Waals surface area contributed by atoms with Gasteiger partial charge in [0.1, 0.15) is 17.9 Å². The van der Waals surface area contributed by atoms with Crippen molar-refractivity contribution in [3.8, 4) is 0 Å². The van der Waals surface area contributed by atoms with Gasteiger partial charge in [-0.25, -0.2) is 4.68 Å². The molecule has 3 heterocycles. The van der Waals surface area contributed by atoms with Crippen molar-refractivity contribution in [2.45, 2.75) is 33.2 Å². The first-order valence-corrected chi connectivity index (χ1v) is 8.01. The molecule has 0 saturated heterocycles. The van der Waals surface area contributed by atoms with Crippen molar-refractivity contribution in [3.05, 3.63) is 33.2 Å². The van der Waals surface area contributed by atoms with E-state index in [0.717, 1.165) is 22.5 Å². The maximum atomic E-state index is 12.5. The summed E-state index contributed by atoms with van der Waals surface area (Å²) in [5.74, 6) is 0.275.